The lowest BCUT2D eigenvalue weighted by Gasteiger charge is -2.19. The Kier molecular flexibility index (Phi) is 4.76. The Balaban J connectivity index is 1.44. The monoisotopic (exact) mass is 349 g/mol. The van der Waals surface area contributed by atoms with E-state index in [1.54, 1.807) is 0 Å². The van der Waals surface area contributed by atoms with Crippen molar-refractivity contribution in [1.29, 1.82) is 0 Å². The summed E-state index contributed by atoms with van der Waals surface area (Å²) in [7, 11) is 0. The first-order valence-corrected chi connectivity index (χ1v) is 9.15. The third-order valence-electron chi connectivity index (χ3n) is 4.90. The molecule has 4 heteroatoms. The second kappa shape index (κ2) is 7.34. The summed E-state index contributed by atoms with van der Waals surface area (Å²) in [5.74, 6) is 0.487. The van der Waals surface area contributed by atoms with E-state index >= 15 is 0 Å². The molecule has 26 heavy (non-hydrogen) atoms. The minimum Gasteiger partial charge on any atom is -0.451 e. The third kappa shape index (κ3) is 3.37. The van der Waals surface area contributed by atoms with Gasteiger partial charge in [-0.1, -0.05) is 42.0 Å². The van der Waals surface area contributed by atoms with Crippen LogP contribution in [-0.4, -0.2) is 30.5 Å². The Morgan fingerprint density at radius 2 is 2.00 bits per heavy atom. The van der Waals surface area contributed by atoms with Gasteiger partial charge in [-0.3, -0.25) is 4.79 Å². The summed E-state index contributed by atoms with van der Waals surface area (Å²) < 4.78 is 11.7. The second-order valence-corrected chi connectivity index (χ2v) is 6.84. The maximum atomic E-state index is 12.9. The van der Waals surface area contributed by atoms with Crippen molar-refractivity contribution < 1.29 is 13.9 Å². The molecule has 0 unspecified atom stereocenters. The summed E-state index contributed by atoms with van der Waals surface area (Å²) in [6.45, 7) is 4.48. The van der Waals surface area contributed by atoms with Gasteiger partial charge in [-0.25, -0.2) is 0 Å². The lowest BCUT2D eigenvalue weighted by atomic mass is 10.0. The van der Waals surface area contributed by atoms with E-state index in [-0.39, 0.29) is 5.91 Å². The van der Waals surface area contributed by atoms with E-state index < -0.39 is 0 Å². The van der Waals surface area contributed by atoms with Crippen LogP contribution in [0.5, 0.6) is 0 Å². The predicted molar refractivity (Wildman–Crippen MR) is 101 cm³/mol. The van der Waals surface area contributed by atoms with E-state index in [0.717, 1.165) is 41.5 Å². The van der Waals surface area contributed by atoms with Crippen LogP contribution in [0.2, 0.25) is 0 Å². The number of amides is 1. The highest BCUT2D eigenvalue weighted by Crippen LogP contribution is 2.30. The number of rotatable bonds is 5. The number of nitrogens with zero attached hydrogens (tertiary/aromatic N) is 1. The molecule has 1 amide bonds. The van der Waals surface area contributed by atoms with E-state index in [9.17, 15) is 4.79 Å². The van der Waals surface area contributed by atoms with Crippen molar-refractivity contribution in [2.75, 3.05) is 19.7 Å². The van der Waals surface area contributed by atoms with E-state index in [0.29, 0.717) is 25.5 Å². The average Bonchev–Trinajstić information content (AvgIpc) is 2.94. The molecule has 4 nitrogen and oxygen atoms in total. The van der Waals surface area contributed by atoms with Gasteiger partial charge in [0.05, 0.1) is 13.2 Å². The lowest BCUT2D eigenvalue weighted by molar-refractivity contribution is 0.0598. The van der Waals surface area contributed by atoms with Crippen molar-refractivity contribution in [3.63, 3.8) is 0 Å². The third-order valence-corrected chi connectivity index (χ3v) is 4.90. The number of carbonyl (C=O) groups excluding carboxylic acids is 1. The van der Waals surface area contributed by atoms with Crippen LogP contribution in [0.3, 0.4) is 0 Å². The van der Waals surface area contributed by atoms with Crippen molar-refractivity contribution in [1.82, 2.24) is 4.90 Å². The Morgan fingerprint density at radius 3 is 2.85 bits per heavy atom. The topological polar surface area (TPSA) is 42.7 Å². The van der Waals surface area contributed by atoms with Gasteiger partial charge in [0.1, 0.15) is 5.58 Å². The van der Waals surface area contributed by atoms with Gasteiger partial charge in [0.15, 0.2) is 5.76 Å². The normalized spacial score (nSPS) is 14.5. The lowest BCUT2D eigenvalue weighted by Crippen LogP contribution is -2.33. The van der Waals surface area contributed by atoms with Gasteiger partial charge in [0.25, 0.3) is 5.91 Å². The van der Waals surface area contributed by atoms with Crippen molar-refractivity contribution in [3.05, 3.63) is 71.0 Å². The highest BCUT2D eigenvalue weighted by atomic mass is 16.5. The molecule has 0 saturated heterocycles. The zero-order valence-corrected chi connectivity index (χ0v) is 15.0. The number of furan rings is 1. The van der Waals surface area contributed by atoms with Crippen molar-refractivity contribution in [2.45, 2.75) is 26.4 Å². The zero-order valence-electron chi connectivity index (χ0n) is 15.0. The molecule has 0 spiro atoms. The van der Waals surface area contributed by atoms with Crippen LogP contribution in [0.25, 0.3) is 11.0 Å². The maximum Gasteiger partial charge on any atom is 0.289 e. The van der Waals surface area contributed by atoms with Gasteiger partial charge in [-0.05, 0) is 37.5 Å². The molecule has 0 bridgehead atoms. The van der Waals surface area contributed by atoms with Crippen LogP contribution in [0.4, 0.5) is 0 Å². The van der Waals surface area contributed by atoms with Crippen molar-refractivity contribution in [3.8, 4) is 0 Å². The van der Waals surface area contributed by atoms with Crippen LogP contribution in [0, 0.1) is 6.92 Å². The highest BCUT2D eigenvalue weighted by Gasteiger charge is 2.27. The summed E-state index contributed by atoms with van der Waals surface area (Å²) in [6, 6.07) is 16.2. The number of hydrogen-bond acceptors (Lipinski definition) is 3. The van der Waals surface area contributed by atoms with Gasteiger partial charge in [0, 0.05) is 24.0 Å². The molecule has 0 aliphatic carbocycles. The number of carbonyl (C=O) groups is 1. The summed E-state index contributed by atoms with van der Waals surface area (Å²) in [5.41, 5.74) is 4.19. The summed E-state index contributed by atoms with van der Waals surface area (Å²) >= 11 is 0. The summed E-state index contributed by atoms with van der Waals surface area (Å²) in [4.78, 5) is 14.8. The second-order valence-electron chi connectivity index (χ2n) is 6.84. The van der Waals surface area contributed by atoms with Gasteiger partial charge in [-0.2, -0.15) is 0 Å². The molecule has 134 valence electrons. The molecule has 2 heterocycles. The number of hydrogen-bond donors (Lipinski definition) is 0. The zero-order chi connectivity index (χ0) is 17.9. The first-order valence-electron chi connectivity index (χ1n) is 9.15. The minimum atomic E-state index is -0.0188. The molecule has 0 N–H and O–H groups in total. The molecule has 3 aromatic rings. The maximum absolute atomic E-state index is 12.9. The fraction of sp³-hybridized carbons (Fsp3) is 0.318. The Hall–Kier alpha value is -2.59. The van der Waals surface area contributed by atoms with Crippen LogP contribution in [-0.2, 0) is 17.8 Å². The van der Waals surface area contributed by atoms with Gasteiger partial charge >= 0.3 is 0 Å². The van der Waals surface area contributed by atoms with Gasteiger partial charge in [0.2, 0.25) is 0 Å². The Bertz CT molecular complexity index is 914. The first kappa shape index (κ1) is 16.9. The molecule has 0 atom stereocenters. The van der Waals surface area contributed by atoms with Crippen LogP contribution < -0.4 is 0 Å². The molecule has 0 radical (unpaired) electrons. The quantitative estimate of drug-likeness (QED) is 0.643. The first-order chi connectivity index (χ1) is 12.7. The average molecular weight is 349 g/mol. The van der Waals surface area contributed by atoms with E-state index in [4.69, 9.17) is 9.15 Å². The summed E-state index contributed by atoms with van der Waals surface area (Å²) in [6.07, 6.45) is 1.82. The van der Waals surface area contributed by atoms with Gasteiger partial charge in [-0.15, -0.1) is 0 Å². The number of benzene rings is 2. The number of ether oxygens (including phenoxy) is 1. The standard InChI is InChI=1S/C22H23NO3/c1-16-9-10-20-19(14-16)18-8-5-11-23(22(24)21(18)26-20)12-13-25-15-17-6-3-2-4-7-17/h2-4,6-7,9-10,14H,5,8,11-13,15H2,1H3. The van der Waals surface area contributed by atoms with E-state index in [1.807, 2.05) is 47.4 Å². The minimum absolute atomic E-state index is 0.0188. The molecule has 0 fully saturated rings. The molecule has 1 aromatic heterocycles. The Labute approximate surface area is 153 Å². The molecule has 1 aliphatic heterocycles. The fourth-order valence-corrected chi connectivity index (χ4v) is 3.53. The molecule has 0 saturated carbocycles. The van der Waals surface area contributed by atoms with Crippen LogP contribution >= 0.6 is 0 Å². The van der Waals surface area contributed by atoms with Crippen molar-refractivity contribution >= 4 is 16.9 Å². The fourth-order valence-electron chi connectivity index (χ4n) is 3.53. The smallest absolute Gasteiger partial charge is 0.289 e. The Morgan fingerprint density at radius 1 is 1.15 bits per heavy atom. The number of aryl methyl sites for hydroxylation is 2. The number of fused-ring (bicyclic) bond motifs is 3. The van der Waals surface area contributed by atoms with E-state index in [2.05, 4.69) is 13.0 Å². The molecular formula is C22H23NO3. The van der Waals surface area contributed by atoms with Crippen LogP contribution in [0.1, 0.15) is 33.7 Å². The largest absolute Gasteiger partial charge is 0.451 e. The molecule has 4 rings (SSSR count). The SMILES string of the molecule is Cc1ccc2oc3c(c2c1)CCCN(CCOCc1ccccc1)C3=O. The summed E-state index contributed by atoms with van der Waals surface area (Å²) in [5, 5.41) is 1.08. The van der Waals surface area contributed by atoms with Crippen LogP contribution in [0.15, 0.2) is 52.9 Å². The molecule has 1 aliphatic rings. The molecular weight excluding hydrogens is 326 g/mol. The predicted octanol–water partition coefficient (Wildman–Crippen LogP) is 4.35. The van der Waals surface area contributed by atoms with E-state index in [1.165, 1.54) is 5.56 Å². The highest BCUT2D eigenvalue weighted by molar-refractivity contribution is 5.99. The molecule has 2 aromatic carbocycles. The van der Waals surface area contributed by atoms with Gasteiger partial charge < -0.3 is 14.1 Å². The van der Waals surface area contributed by atoms with Crippen molar-refractivity contribution in [2.24, 2.45) is 0 Å².